The first-order chi connectivity index (χ1) is 12.6. The summed E-state index contributed by atoms with van der Waals surface area (Å²) in [5.74, 6) is 2.61. The van der Waals surface area contributed by atoms with Crippen molar-refractivity contribution in [2.75, 3.05) is 26.1 Å². The summed E-state index contributed by atoms with van der Waals surface area (Å²) in [6, 6.07) is 13.6. The molecule has 0 unspecified atom stereocenters. The quantitative estimate of drug-likeness (QED) is 0.526. The molecule has 3 N–H and O–H groups in total. The van der Waals surface area contributed by atoms with Gasteiger partial charge in [-0.05, 0) is 31.2 Å². The minimum Gasteiger partial charge on any atom is -0.493 e. The third-order valence-electron chi connectivity index (χ3n) is 4.11. The Bertz CT molecular complexity index is 933. The van der Waals surface area contributed by atoms with Gasteiger partial charge in [0.05, 0.1) is 31.8 Å². The maximum absolute atomic E-state index is 6.00. The minimum absolute atomic E-state index is 0.347. The van der Waals surface area contributed by atoms with Crippen molar-refractivity contribution in [3.8, 4) is 11.5 Å². The maximum atomic E-state index is 6.00. The van der Waals surface area contributed by atoms with E-state index in [1.807, 2.05) is 43.3 Å². The second kappa shape index (κ2) is 7.77. The Balaban J connectivity index is 1.66. The van der Waals surface area contributed by atoms with E-state index < -0.39 is 0 Å². The number of guanidine groups is 1. The van der Waals surface area contributed by atoms with E-state index in [0.717, 1.165) is 22.5 Å². The van der Waals surface area contributed by atoms with Crippen LogP contribution in [0.15, 0.2) is 47.5 Å². The molecular weight excluding hydrogens is 330 g/mol. The third kappa shape index (κ3) is 3.72. The van der Waals surface area contributed by atoms with Crippen molar-refractivity contribution in [3.63, 3.8) is 0 Å². The van der Waals surface area contributed by atoms with Gasteiger partial charge in [0.25, 0.3) is 0 Å². The van der Waals surface area contributed by atoms with Crippen LogP contribution in [-0.2, 0) is 6.54 Å². The molecule has 2 aromatic carbocycles. The molecule has 0 radical (unpaired) electrons. The summed E-state index contributed by atoms with van der Waals surface area (Å²) < 4.78 is 12.7. The number of nitrogens with one attached hydrogen (secondary N) is 1. The number of nitrogens with two attached hydrogens (primary N) is 1. The SMILES string of the molecule is COc1ccc(NC(N)=NCCn2c(C)nc3ccccc32)cc1OC. The molecule has 0 saturated heterocycles. The number of aliphatic imine (C=N–C) groups is 1. The third-order valence-corrected chi connectivity index (χ3v) is 4.11. The first-order valence-electron chi connectivity index (χ1n) is 8.33. The molecule has 0 aliphatic heterocycles. The molecule has 0 spiro atoms. The van der Waals surface area contributed by atoms with E-state index in [0.29, 0.717) is 30.5 Å². The molecule has 0 amide bonds. The highest BCUT2D eigenvalue weighted by molar-refractivity contribution is 5.92. The van der Waals surface area contributed by atoms with E-state index in [1.165, 1.54) is 0 Å². The summed E-state index contributed by atoms with van der Waals surface area (Å²) in [6.07, 6.45) is 0. The summed E-state index contributed by atoms with van der Waals surface area (Å²) in [7, 11) is 3.19. The van der Waals surface area contributed by atoms with E-state index in [4.69, 9.17) is 15.2 Å². The number of para-hydroxylation sites is 2. The lowest BCUT2D eigenvalue weighted by Crippen LogP contribution is -2.23. The summed E-state index contributed by atoms with van der Waals surface area (Å²) in [5.41, 5.74) is 8.88. The van der Waals surface area contributed by atoms with Gasteiger partial charge in [-0.25, -0.2) is 4.98 Å². The predicted molar refractivity (Wildman–Crippen MR) is 104 cm³/mol. The lowest BCUT2D eigenvalue weighted by atomic mass is 10.3. The number of hydrogen-bond donors (Lipinski definition) is 2. The highest BCUT2D eigenvalue weighted by atomic mass is 16.5. The van der Waals surface area contributed by atoms with Crippen LogP contribution in [0.3, 0.4) is 0 Å². The molecule has 0 aliphatic carbocycles. The fourth-order valence-corrected chi connectivity index (χ4v) is 2.85. The van der Waals surface area contributed by atoms with Crippen LogP contribution in [0.4, 0.5) is 5.69 Å². The van der Waals surface area contributed by atoms with Crippen LogP contribution >= 0.6 is 0 Å². The van der Waals surface area contributed by atoms with E-state index in [9.17, 15) is 0 Å². The zero-order chi connectivity index (χ0) is 18.5. The Hall–Kier alpha value is -3.22. The van der Waals surface area contributed by atoms with E-state index in [2.05, 4.69) is 25.9 Å². The number of nitrogens with zero attached hydrogens (tertiary/aromatic N) is 3. The fourth-order valence-electron chi connectivity index (χ4n) is 2.85. The second-order valence-electron chi connectivity index (χ2n) is 5.76. The van der Waals surface area contributed by atoms with Gasteiger partial charge in [-0.15, -0.1) is 0 Å². The molecule has 3 rings (SSSR count). The lowest BCUT2D eigenvalue weighted by molar-refractivity contribution is 0.355. The van der Waals surface area contributed by atoms with Crippen LogP contribution < -0.4 is 20.5 Å². The molecule has 3 aromatic rings. The normalized spacial score (nSPS) is 11.6. The topological polar surface area (TPSA) is 86.7 Å². The monoisotopic (exact) mass is 353 g/mol. The number of aromatic nitrogens is 2. The smallest absolute Gasteiger partial charge is 0.193 e. The van der Waals surface area contributed by atoms with Gasteiger partial charge in [-0.3, -0.25) is 4.99 Å². The first kappa shape index (κ1) is 17.6. The van der Waals surface area contributed by atoms with Crippen molar-refractivity contribution in [1.82, 2.24) is 9.55 Å². The molecule has 0 atom stereocenters. The fraction of sp³-hybridized carbons (Fsp3) is 0.263. The molecule has 7 nitrogen and oxygen atoms in total. The van der Waals surface area contributed by atoms with Gasteiger partial charge in [-0.1, -0.05) is 12.1 Å². The number of methoxy groups -OCH3 is 2. The Labute approximate surface area is 152 Å². The predicted octanol–water partition coefficient (Wildman–Crippen LogP) is 2.79. The van der Waals surface area contributed by atoms with E-state index >= 15 is 0 Å². The summed E-state index contributed by atoms with van der Waals surface area (Å²) in [6.45, 7) is 3.25. The summed E-state index contributed by atoms with van der Waals surface area (Å²) in [4.78, 5) is 8.96. The summed E-state index contributed by atoms with van der Waals surface area (Å²) >= 11 is 0. The van der Waals surface area contributed by atoms with Crippen LogP contribution in [0.2, 0.25) is 0 Å². The van der Waals surface area contributed by atoms with Crippen LogP contribution in [0.25, 0.3) is 11.0 Å². The van der Waals surface area contributed by atoms with Crippen LogP contribution in [0.5, 0.6) is 11.5 Å². The van der Waals surface area contributed by atoms with Gasteiger partial charge in [0.2, 0.25) is 0 Å². The molecule has 1 heterocycles. The van der Waals surface area contributed by atoms with Crippen molar-refractivity contribution in [3.05, 3.63) is 48.3 Å². The Morgan fingerprint density at radius 3 is 2.69 bits per heavy atom. The largest absolute Gasteiger partial charge is 0.493 e. The maximum Gasteiger partial charge on any atom is 0.193 e. The van der Waals surface area contributed by atoms with E-state index in [-0.39, 0.29) is 0 Å². The zero-order valence-electron chi connectivity index (χ0n) is 15.2. The van der Waals surface area contributed by atoms with Crippen molar-refractivity contribution in [2.45, 2.75) is 13.5 Å². The molecule has 26 heavy (non-hydrogen) atoms. The Morgan fingerprint density at radius 2 is 1.92 bits per heavy atom. The van der Waals surface area contributed by atoms with Crippen LogP contribution in [-0.4, -0.2) is 36.3 Å². The second-order valence-corrected chi connectivity index (χ2v) is 5.76. The molecule has 0 bridgehead atoms. The molecule has 0 saturated carbocycles. The zero-order valence-corrected chi connectivity index (χ0v) is 15.2. The molecule has 0 aliphatic rings. The number of aryl methyl sites for hydroxylation is 1. The minimum atomic E-state index is 0.347. The number of benzene rings is 2. The molecule has 7 heteroatoms. The molecular formula is C19H23N5O2. The van der Waals surface area contributed by atoms with Gasteiger partial charge < -0.3 is 25.1 Å². The standard InChI is InChI=1S/C19H23N5O2/c1-13-22-15-6-4-5-7-16(15)24(13)11-10-21-19(20)23-14-8-9-17(25-2)18(12-14)26-3/h4-9,12H,10-11H2,1-3H3,(H3,20,21,23). The van der Waals surface area contributed by atoms with E-state index in [1.54, 1.807) is 14.2 Å². The number of rotatable bonds is 6. The highest BCUT2D eigenvalue weighted by Gasteiger charge is 2.07. The lowest BCUT2D eigenvalue weighted by Gasteiger charge is -2.11. The average molecular weight is 353 g/mol. The number of ether oxygens (including phenoxy) is 2. The van der Waals surface area contributed by atoms with Crippen molar-refractivity contribution in [2.24, 2.45) is 10.7 Å². The van der Waals surface area contributed by atoms with Gasteiger partial charge in [-0.2, -0.15) is 0 Å². The molecule has 1 aromatic heterocycles. The van der Waals surface area contributed by atoms with Crippen molar-refractivity contribution in [1.29, 1.82) is 0 Å². The summed E-state index contributed by atoms with van der Waals surface area (Å²) in [5, 5.41) is 3.07. The van der Waals surface area contributed by atoms with Crippen molar-refractivity contribution < 1.29 is 9.47 Å². The number of fused-ring (bicyclic) bond motifs is 1. The van der Waals surface area contributed by atoms with Gasteiger partial charge in [0.1, 0.15) is 5.82 Å². The van der Waals surface area contributed by atoms with Crippen LogP contribution in [0.1, 0.15) is 5.82 Å². The first-order valence-corrected chi connectivity index (χ1v) is 8.33. The average Bonchev–Trinajstić information content (AvgIpc) is 2.97. The van der Waals surface area contributed by atoms with Crippen LogP contribution in [0, 0.1) is 6.92 Å². The number of hydrogen-bond acceptors (Lipinski definition) is 4. The van der Waals surface area contributed by atoms with Gasteiger partial charge in [0, 0.05) is 18.3 Å². The highest BCUT2D eigenvalue weighted by Crippen LogP contribution is 2.29. The Kier molecular flexibility index (Phi) is 5.26. The van der Waals surface area contributed by atoms with Gasteiger partial charge in [0.15, 0.2) is 17.5 Å². The molecule has 136 valence electrons. The number of anilines is 1. The van der Waals surface area contributed by atoms with Crippen molar-refractivity contribution >= 4 is 22.7 Å². The molecule has 0 fully saturated rings. The van der Waals surface area contributed by atoms with Gasteiger partial charge >= 0.3 is 0 Å². The Morgan fingerprint density at radius 1 is 1.15 bits per heavy atom. The number of imidazole rings is 1.